The van der Waals surface area contributed by atoms with Gasteiger partial charge in [0.1, 0.15) is 6.29 Å². The van der Waals surface area contributed by atoms with Gasteiger partial charge in [-0.2, -0.15) is 8.78 Å². The third-order valence-electron chi connectivity index (χ3n) is 1.58. The van der Waals surface area contributed by atoms with Crippen molar-refractivity contribution in [3.8, 4) is 0 Å². The summed E-state index contributed by atoms with van der Waals surface area (Å²) in [5.74, 6) is -3.44. The summed E-state index contributed by atoms with van der Waals surface area (Å²) in [4.78, 5) is 9.72. The zero-order chi connectivity index (χ0) is 10.8. The molecule has 76 valence electrons. The number of carbonyl (C=O) groups is 1. The summed E-state index contributed by atoms with van der Waals surface area (Å²) in [6.45, 7) is 0. The Bertz CT molecular complexity index is 422. The predicted octanol–water partition coefficient (Wildman–Crippen LogP) is 1.50. The maximum absolute atomic E-state index is 12.0. The lowest BCUT2D eigenvalue weighted by atomic mass is 10.2. The van der Waals surface area contributed by atoms with E-state index in [9.17, 15) is 22.0 Å². The summed E-state index contributed by atoms with van der Waals surface area (Å²) in [5, 5.41) is 0. The van der Waals surface area contributed by atoms with E-state index in [-0.39, 0.29) is 5.56 Å². The van der Waals surface area contributed by atoms with Crippen molar-refractivity contribution >= 4 is 16.1 Å². The van der Waals surface area contributed by atoms with Gasteiger partial charge in [0, 0.05) is 5.56 Å². The number of aldehydes is 1. The number of alkyl halides is 2. The SMILES string of the molecule is O=Cc1ccc(S(=O)(=O)C(F)F)cc1. The standard InChI is InChI=1S/C8H6F2O3S/c9-8(10)14(12,13)7-3-1-6(5-11)2-4-7/h1-5,8H. The van der Waals surface area contributed by atoms with Crippen LogP contribution in [-0.4, -0.2) is 20.5 Å². The maximum atomic E-state index is 12.0. The Morgan fingerprint density at radius 2 is 1.64 bits per heavy atom. The Hall–Kier alpha value is -1.30. The highest BCUT2D eigenvalue weighted by atomic mass is 32.2. The van der Waals surface area contributed by atoms with E-state index in [1.165, 1.54) is 12.1 Å². The summed E-state index contributed by atoms with van der Waals surface area (Å²) in [6.07, 6.45) is 0.499. The molecule has 0 N–H and O–H groups in total. The van der Waals surface area contributed by atoms with Crippen LogP contribution >= 0.6 is 0 Å². The quantitative estimate of drug-likeness (QED) is 0.725. The first kappa shape index (κ1) is 10.8. The molecule has 0 heterocycles. The van der Waals surface area contributed by atoms with Crippen LogP contribution in [0.15, 0.2) is 29.2 Å². The number of hydrogen-bond acceptors (Lipinski definition) is 3. The van der Waals surface area contributed by atoms with Crippen LogP contribution in [0.25, 0.3) is 0 Å². The first-order chi connectivity index (χ1) is 6.48. The van der Waals surface area contributed by atoms with Crippen molar-refractivity contribution in [1.29, 1.82) is 0 Å². The zero-order valence-electron chi connectivity index (χ0n) is 6.85. The molecule has 1 aromatic carbocycles. The Morgan fingerprint density at radius 1 is 1.14 bits per heavy atom. The summed E-state index contributed by atoms with van der Waals surface area (Å²) in [6, 6.07) is 4.29. The van der Waals surface area contributed by atoms with Crippen LogP contribution in [0.2, 0.25) is 0 Å². The molecule has 0 aliphatic rings. The van der Waals surface area contributed by atoms with Crippen LogP contribution < -0.4 is 0 Å². The third kappa shape index (κ3) is 1.95. The molecule has 0 bridgehead atoms. The van der Waals surface area contributed by atoms with Gasteiger partial charge in [0.05, 0.1) is 4.90 Å². The van der Waals surface area contributed by atoms with Gasteiger partial charge in [0.25, 0.3) is 0 Å². The summed E-state index contributed by atoms with van der Waals surface area (Å²) in [7, 11) is -4.55. The number of rotatable bonds is 3. The van der Waals surface area contributed by atoms with E-state index in [2.05, 4.69) is 0 Å². The van der Waals surface area contributed by atoms with Gasteiger partial charge in [0.2, 0.25) is 9.84 Å². The molecule has 0 unspecified atom stereocenters. The van der Waals surface area contributed by atoms with E-state index in [0.29, 0.717) is 6.29 Å². The highest BCUT2D eigenvalue weighted by molar-refractivity contribution is 7.91. The minimum Gasteiger partial charge on any atom is -0.298 e. The van der Waals surface area contributed by atoms with Gasteiger partial charge in [-0.1, -0.05) is 12.1 Å². The van der Waals surface area contributed by atoms with Gasteiger partial charge in [-0.15, -0.1) is 0 Å². The zero-order valence-corrected chi connectivity index (χ0v) is 7.67. The van der Waals surface area contributed by atoms with Crippen molar-refractivity contribution in [3.63, 3.8) is 0 Å². The average Bonchev–Trinajstić information content (AvgIpc) is 2.17. The third-order valence-corrected chi connectivity index (χ3v) is 2.98. The molecule has 0 spiro atoms. The predicted molar refractivity (Wildman–Crippen MR) is 45.0 cm³/mol. The Kier molecular flexibility index (Phi) is 2.95. The molecule has 6 heteroatoms. The molecule has 0 saturated heterocycles. The summed E-state index contributed by atoms with van der Waals surface area (Å²) >= 11 is 0. The number of sulfone groups is 1. The normalized spacial score (nSPS) is 11.6. The van der Waals surface area contributed by atoms with E-state index in [4.69, 9.17) is 0 Å². The largest absolute Gasteiger partial charge is 0.341 e. The van der Waals surface area contributed by atoms with Gasteiger partial charge in [-0.3, -0.25) is 4.79 Å². The highest BCUT2D eigenvalue weighted by Crippen LogP contribution is 2.17. The topological polar surface area (TPSA) is 51.2 Å². The van der Waals surface area contributed by atoms with Crippen LogP contribution in [0, 0.1) is 0 Å². The molecule has 0 radical (unpaired) electrons. The Morgan fingerprint density at radius 3 is 2.00 bits per heavy atom. The fraction of sp³-hybridized carbons (Fsp3) is 0.125. The molecule has 0 aliphatic heterocycles. The van der Waals surface area contributed by atoms with Crippen molar-refractivity contribution in [2.45, 2.75) is 10.7 Å². The van der Waals surface area contributed by atoms with E-state index >= 15 is 0 Å². The Labute approximate surface area is 79.3 Å². The summed E-state index contributed by atoms with van der Waals surface area (Å²) in [5.41, 5.74) is 0.234. The number of benzene rings is 1. The van der Waals surface area contributed by atoms with Crippen LogP contribution in [0.1, 0.15) is 10.4 Å². The first-order valence-corrected chi connectivity index (χ1v) is 5.10. The lowest BCUT2D eigenvalue weighted by molar-refractivity contribution is 0.112. The molecular formula is C8H6F2O3S. The second kappa shape index (κ2) is 3.83. The van der Waals surface area contributed by atoms with E-state index < -0.39 is 20.5 Å². The van der Waals surface area contributed by atoms with Gasteiger partial charge >= 0.3 is 5.76 Å². The minimum absolute atomic E-state index is 0.234. The van der Waals surface area contributed by atoms with Crippen LogP contribution in [0.4, 0.5) is 8.78 Å². The lowest BCUT2D eigenvalue weighted by Crippen LogP contribution is -2.11. The number of carbonyl (C=O) groups excluding carboxylic acids is 1. The highest BCUT2D eigenvalue weighted by Gasteiger charge is 2.25. The molecule has 0 aromatic heterocycles. The van der Waals surface area contributed by atoms with E-state index in [0.717, 1.165) is 12.1 Å². The minimum atomic E-state index is -4.55. The summed E-state index contributed by atoms with van der Waals surface area (Å²) < 4.78 is 45.8. The molecule has 0 saturated carbocycles. The van der Waals surface area contributed by atoms with Gasteiger partial charge in [0.15, 0.2) is 0 Å². The molecule has 3 nitrogen and oxygen atoms in total. The second-order valence-electron chi connectivity index (χ2n) is 2.49. The van der Waals surface area contributed by atoms with Crippen LogP contribution in [0.3, 0.4) is 0 Å². The van der Waals surface area contributed by atoms with Crippen LogP contribution in [0.5, 0.6) is 0 Å². The van der Waals surface area contributed by atoms with Crippen molar-refractivity contribution in [2.24, 2.45) is 0 Å². The maximum Gasteiger partial charge on any atom is 0.341 e. The van der Waals surface area contributed by atoms with Crippen molar-refractivity contribution < 1.29 is 22.0 Å². The molecule has 0 fully saturated rings. The van der Waals surface area contributed by atoms with Crippen molar-refractivity contribution in [2.75, 3.05) is 0 Å². The number of hydrogen-bond donors (Lipinski definition) is 0. The fourth-order valence-electron chi connectivity index (χ4n) is 0.839. The van der Waals surface area contributed by atoms with E-state index in [1.807, 2.05) is 0 Å². The average molecular weight is 220 g/mol. The van der Waals surface area contributed by atoms with Gasteiger partial charge < -0.3 is 0 Å². The molecule has 1 rings (SSSR count). The molecule has 0 aliphatic carbocycles. The number of halogens is 2. The lowest BCUT2D eigenvalue weighted by Gasteiger charge is -2.01. The van der Waals surface area contributed by atoms with E-state index in [1.54, 1.807) is 0 Å². The molecule has 1 aromatic rings. The van der Waals surface area contributed by atoms with Crippen LogP contribution in [-0.2, 0) is 9.84 Å². The smallest absolute Gasteiger partial charge is 0.298 e. The monoisotopic (exact) mass is 220 g/mol. The van der Waals surface area contributed by atoms with Gasteiger partial charge in [-0.25, -0.2) is 8.42 Å². The van der Waals surface area contributed by atoms with Gasteiger partial charge in [-0.05, 0) is 12.1 Å². The molecule has 0 atom stereocenters. The van der Waals surface area contributed by atoms with Crippen molar-refractivity contribution in [3.05, 3.63) is 29.8 Å². The van der Waals surface area contributed by atoms with Crippen molar-refractivity contribution in [1.82, 2.24) is 0 Å². The second-order valence-corrected chi connectivity index (χ2v) is 4.41. The fourth-order valence-corrected chi connectivity index (χ4v) is 1.56. The Balaban J connectivity index is 3.16. The molecule has 14 heavy (non-hydrogen) atoms. The molecule has 0 amide bonds. The molecular weight excluding hydrogens is 214 g/mol. The first-order valence-electron chi connectivity index (χ1n) is 3.56.